The molecule has 1 rings (SSSR count). The number of aliphatic hydroxyl groups is 1. The van der Waals surface area contributed by atoms with Crippen molar-refractivity contribution in [3.05, 3.63) is 42.5 Å². The Hall–Kier alpha value is -1.32. The molecule has 1 N–H and O–H groups in total. The Labute approximate surface area is 96.3 Å². The molecule has 1 atom stereocenters. The summed E-state index contributed by atoms with van der Waals surface area (Å²) in [7, 11) is 0. The van der Waals surface area contributed by atoms with Gasteiger partial charge < -0.3 is 14.6 Å². The third-order valence-electron chi connectivity index (χ3n) is 2.05. The zero-order chi connectivity index (χ0) is 12.0. The molecule has 0 amide bonds. The van der Waals surface area contributed by atoms with Crippen LogP contribution in [0.15, 0.2) is 36.9 Å². The molecule has 0 aromatic heterocycles. The van der Waals surface area contributed by atoms with Crippen LogP contribution in [0.25, 0.3) is 0 Å². The van der Waals surface area contributed by atoms with Crippen molar-refractivity contribution in [2.45, 2.75) is 26.2 Å². The third kappa shape index (κ3) is 3.68. The minimum Gasteiger partial charge on any atom is -0.439 e. The Morgan fingerprint density at radius 1 is 1.44 bits per heavy atom. The van der Waals surface area contributed by atoms with Crippen molar-refractivity contribution >= 4 is 0 Å². The minimum atomic E-state index is -1.59. The summed E-state index contributed by atoms with van der Waals surface area (Å²) in [6.07, 6.45) is 2.48. The molecule has 16 heavy (non-hydrogen) atoms. The minimum absolute atomic E-state index is 0.386. The highest BCUT2D eigenvalue weighted by atomic mass is 16.8. The quantitative estimate of drug-likeness (QED) is 0.593. The van der Waals surface area contributed by atoms with Crippen LogP contribution in [-0.4, -0.2) is 17.7 Å². The average Bonchev–Trinajstić information content (AvgIpc) is 2.20. The van der Waals surface area contributed by atoms with Crippen LogP contribution in [0.4, 0.5) is 0 Å². The van der Waals surface area contributed by atoms with Crippen molar-refractivity contribution in [3.63, 3.8) is 0 Å². The highest BCUT2D eigenvalue weighted by molar-refractivity contribution is 5.34. The van der Waals surface area contributed by atoms with Crippen LogP contribution in [-0.2, 0) is 11.2 Å². The predicted octanol–water partition coefficient (Wildman–Crippen LogP) is 2.50. The van der Waals surface area contributed by atoms with E-state index in [0.717, 1.165) is 5.56 Å². The summed E-state index contributed by atoms with van der Waals surface area (Å²) >= 11 is 0. The number of hydrogen-bond acceptors (Lipinski definition) is 3. The second kappa shape index (κ2) is 5.68. The first-order valence-electron chi connectivity index (χ1n) is 5.33. The van der Waals surface area contributed by atoms with Crippen LogP contribution in [0.5, 0.6) is 5.75 Å². The van der Waals surface area contributed by atoms with E-state index in [-0.39, 0.29) is 0 Å². The highest BCUT2D eigenvalue weighted by Crippen LogP contribution is 2.23. The lowest BCUT2D eigenvalue weighted by Crippen LogP contribution is -2.35. The van der Waals surface area contributed by atoms with Crippen LogP contribution in [0.2, 0.25) is 0 Å². The Bertz CT molecular complexity index is 345. The van der Waals surface area contributed by atoms with Crippen molar-refractivity contribution in [1.29, 1.82) is 0 Å². The zero-order valence-electron chi connectivity index (χ0n) is 9.77. The molecule has 0 aliphatic carbocycles. The van der Waals surface area contributed by atoms with Gasteiger partial charge in [0.25, 0.3) is 0 Å². The topological polar surface area (TPSA) is 38.7 Å². The van der Waals surface area contributed by atoms with Crippen molar-refractivity contribution in [2.24, 2.45) is 0 Å². The molecule has 0 fully saturated rings. The lowest BCUT2D eigenvalue weighted by molar-refractivity contribution is -0.305. The number of rotatable bonds is 6. The van der Waals surface area contributed by atoms with Gasteiger partial charge in [-0.2, -0.15) is 0 Å². The standard InChI is InChI=1S/C13H18O3/c1-4-8-11-9-6-7-10-12(11)16-13(3,14)15-5-2/h4,6-7,9-10,14H,1,5,8H2,2-3H3. The summed E-state index contributed by atoms with van der Waals surface area (Å²) in [5, 5.41) is 9.79. The second-order valence-corrected chi connectivity index (χ2v) is 3.53. The Morgan fingerprint density at radius 2 is 2.12 bits per heavy atom. The molecule has 0 radical (unpaired) electrons. The van der Waals surface area contributed by atoms with Crippen LogP contribution in [0.3, 0.4) is 0 Å². The number of hydrogen-bond donors (Lipinski definition) is 1. The molecule has 3 nitrogen and oxygen atoms in total. The van der Waals surface area contributed by atoms with Gasteiger partial charge in [-0.1, -0.05) is 24.3 Å². The number of ether oxygens (including phenoxy) is 2. The fraction of sp³-hybridized carbons (Fsp3) is 0.385. The molecule has 0 aliphatic heterocycles. The lowest BCUT2D eigenvalue weighted by atomic mass is 10.1. The van der Waals surface area contributed by atoms with E-state index in [1.165, 1.54) is 6.92 Å². The summed E-state index contributed by atoms with van der Waals surface area (Å²) in [5.41, 5.74) is 0.970. The van der Waals surface area contributed by atoms with E-state index in [2.05, 4.69) is 6.58 Å². The molecule has 1 aromatic carbocycles. The van der Waals surface area contributed by atoms with Gasteiger partial charge in [0.05, 0.1) is 6.61 Å². The Kier molecular flexibility index (Phi) is 4.52. The summed E-state index contributed by atoms with van der Waals surface area (Å²) in [6.45, 7) is 7.34. The van der Waals surface area contributed by atoms with E-state index in [0.29, 0.717) is 18.8 Å². The van der Waals surface area contributed by atoms with Crippen LogP contribution in [0.1, 0.15) is 19.4 Å². The number of benzene rings is 1. The predicted molar refractivity (Wildman–Crippen MR) is 63.2 cm³/mol. The van der Waals surface area contributed by atoms with Gasteiger partial charge in [0, 0.05) is 6.92 Å². The molecule has 1 unspecified atom stereocenters. The normalized spacial score (nSPS) is 14.2. The van der Waals surface area contributed by atoms with Crippen molar-refractivity contribution in [3.8, 4) is 5.75 Å². The second-order valence-electron chi connectivity index (χ2n) is 3.53. The first-order chi connectivity index (χ1) is 7.59. The number of allylic oxidation sites excluding steroid dienone is 1. The van der Waals surface area contributed by atoms with Crippen LogP contribution < -0.4 is 4.74 Å². The molecule has 0 heterocycles. The largest absolute Gasteiger partial charge is 0.439 e. The molecule has 88 valence electrons. The fourth-order valence-corrected chi connectivity index (χ4v) is 1.43. The molecule has 0 bridgehead atoms. The lowest BCUT2D eigenvalue weighted by Gasteiger charge is -2.25. The molecular formula is C13H18O3. The van der Waals surface area contributed by atoms with Crippen molar-refractivity contribution < 1.29 is 14.6 Å². The smallest absolute Gasteiger partial charge is 0.321 e. The van der Waals surface area contributed by atoms with Gasteiger partial charge >= 0.3 is 5.97 Å². The van der Waals surface area contributed by atoms with E-state index in [4.69, 9.17) is 9.47 Å². The summed E-state index contributed by atoms with van der Waals surface area (Å²) < 4.78 is 10.5. The Balaban J connectivity index is 2.83. The fourth-order valence-electron chi connectivity index (χ4n) is 1.43. The summed E-state index contributed by atoms with van der Waals surface area (Å²) in [4.78, 5) is 0. The Morgan fingerprint density at radius 3 is 2.75 bits per heavy atom. The monoisotopic (exact) mass is 222 g/mol. The molecule has 3 heteroatoms. The third-order valence-corrected chi connectivity index (χ3v) is 2.05. The average molecular weight is 222 g/mol. The van der Waals surface area contributed by atoms with Gasteiger partial charge in [-0.15, -0.1) is 6.58 Å². The maximum atomic E-state index is 9.79. The molecular weight excluding hydrogens is 204 g/mol. The van der Waals surface area contributed by atoms with Gasteiger partial charge in [0.15, 0.2) is 0 Å². The molecule has 0 saturated heterocycles. The molecule has 0 spiro atoms. The number of para-hydroxylation sites is 1. The van der Waals surface area contributed by atoms with E-state index in [1.807, 2.05) is 18.2 Å². The van der Waals surface area contributed by atoms with Crippen LogP contribution in [0, 0.1) is 0 Å². The van der Waals surface area contributed by atoms with E-state index in [9.17, 15) is 5.11 Å². The summed E-state index contributed by atoms with van der Waals surface area (Å²) in [6, 6.07) is 7.50. The van der Waals surface area contributed by atoms with Gasteiger partial charge in [0.2, 0.25) is 0 Å². The maximum absolute atomic E-state index is 9.79. The van der Waals surface area contributed by atoms with Crippen molar-refractivity contribution in [1.82, 2.24) is 0 Å². The van der Waals surface area contributed by atoms with E-state index >= 15 is 0 Å². The summed E-state index contributed by atoms with van der Waals surface area (Å²) in [5.74, 6) is -0.979. The van der Waals surface area contributed by atoms with E-state index in [1.54, 1.807) is 19.1 Å². The SMILES string of the molecule is C=CCc1ccccc1OC(C)(O)OCC. The van der Waals surface area contributed by atoms with Gasteiger partial charge in [-0.25, -0.2) is 0 Å². The van der Waals surface area contributed by atoms with Gasteiger partial charge in [0.1, 0.15) is 5.75 Å². The van der Waals surface area contributed by atoms with E-state index < -0.39 is 5.97 Å². The van der Waals surface area contributed by atoms with Gasteiger partial charge in [-0.3, -0.25) is 0 Å². The molecule has 0 saturated carbocycles. The highest BCUT2D eigenvalue weighted by Gasteiger charge is 2.23. The van der Waals surface area contributed by atoms with Gasteiger partial charge in [-0.05, 0) is 25.0 Å². The first kappa shape index (κ1) is 12.7. The maximum Gasteiger partial charge on any atom is 0.321 e. The molecule has 1 aromatic rings. The zero-order valence-corrected chi connectivity index (χ0v) is 9.77. The van der Waals surface area contributed by atoms with Crippen molar-refractivity contribution in [2.75, 3.05) is 6.61 Å². The first-order valence-corrected chi connectivity index (χ1v) is 5.33. The molecule has 0 aliphatic rings. The van der Waals surface area contributed by atoms with Crippen LogP contribution >= 0.6 is 0 Å².